The van der Waals surface area contributed by atoms with E-state index in [2.05, 4.69) is 179 Å². The van der Waals surface area contributed by atoms with Gasteiger partial charge in [-0.3, -0.25) is 5.32 Å². The minimum absolute atomic E-state index is 0.0560. The summed E-state index contributed by atoms with van der Waals surface area (Å²) in [5.74, 6) is 1.24. The summed E-state index contributed by atoms with van der Waals surface area (Å²) in [6, 6.07) is 50.6. The number of hydrogen-bond acceptors (Lipinski definition) is 4. The van der Waals surface area contributed by atoms with Crippen LogP contribution in [0.2, 0.25) is 0 Å². The Labute approximate surface area is 294 Å². The number of thiophene rings is 1. The summed E-state index contributed by atoms with van der Waals surface area (Å²) in [6.45, 7) is 0. The second-order valence-electron chi connectivity index (χ2n) is 13.2. The normalized spacial score (nSPS) is 19.0. The summed E-state index contributed by atoms with van der Waals surface area (Å²) in [6.07, 6.45) is 9.41. The summed E-state index contributed by atoms with van der Waals surface area (Å²) in [5.41, 5.74) is 8.37. The zero-order valence-electron chi connectivity index (χ0n) is 27.3. The van der Waals surface area contributed by atoms with Crippen molar-refractivity contribution in [3.8, 4) is 16.8 Å². The van der Waals surface area contributed by atoms with Gasteiger partial charge in [-0.05, 0) is 59.0 Å². The molecule has 10 rings (SSSR count). The highest BCUT2D eigenvalue weighted by molar-refractivity contribution is 7.26. The molecule has 4 nitrogen and oxygen atoms in total. The molecular formula is C45H34N4S. The van der Waals surface area contributed by atoms with Crippen molar-refractivity contribution in [3.63, 3.8) is 0 Å². The molecule has 3 heterocycles. The van der Waals surface area contributed by atoms with Gasteiger partial charge in [-0.2, -0.15) is 0 Å². The summed E-state index contributed by atoms with van der Waals surface area (Å²) in [5, 5.41) is 12.7. The number of hydrogen-bond donors (Lipinski definition) is 2. The van der Waals surface area contributed by atoms with Crippen LogP contribution in [0.4, 0.5) is 0 Å². The van der Waals surface area contributed by atoms with Crippen LogP contribution in [0.3, 0.4) is 0 Å². The Morgan fingerprint density at radius 3 is 2.30 bits per heavy atom. The Morgan fingerprint density at radius 2 is 1.44 bits per heavy atom. The molecule has 2 N–H and O–H groups in total. The molecule has 3 atom stereocenters. The molecule has 2 aromatic heterocycles. The highest BCUT2D eigenvalue weighted by Crippen LogP contribution is 2.44. The maximum absolute atomic E-state index is 5.32. The van der Waals surface area contributed by atoms with Gasteiger partial charge in [0.2, 0.25) is 0 Å². The average Bonchev–Trinajstić information content (AvgIpc) is 3.74. The SMILES string of the molecule is C1=CCC(C2=NC(c3cccc(-n4c5ccc(-c6ccccc6)cc5c5ccc6c7ccccc7sc6c54)c3)NC(c3ccccc3)N2)C=C1. The van der Waals surface area contributed by atoms with E-state index in [1.165, 1.54) is 58.7 Å². The highest BCUT2D eigenvalue weighted by atomic mass is 32.1. The van der Waals surface area contributed by atoms with Crippen LogP contribution in [0.15, 0.2) is 169 Å². The second kappa shape index (κ2) is 12.0. The third-order valence-corrected chi connectivity index (χ3v) is 11.4. The first-order chi connectivity index (χ1) is 24.8. The summed E-state index contributed by atoms with van der Waals surface area (Å²) >= 11 is 1.89. The first-order valence-electron chi connectivity index (χ1n) is 17.3. The molecule has 50 heavy (non-hydrogen) atoms. The minimum Gasteiger partial charge on any atom is -0.354 e. The lowest BCUT2D eigenvalue weighted by Crippen LogP contribution is -2.47. The molecule has 8 aromatic rings. The molecular weight excluding hydrogens is 629 g/mol. The molecule has 0 radical (unpaired) electrons. The van der Waals surface area contributed by atoms with Gasteiger partial charge in [0.25, 0.3) is 0 Å². The number of amidine groups is 1. The number of nitrogens with one attached hydrogen (secondary N) is 2. The number of aliphatic imine (C=N–C) groups is 1. The van der Waals surface area contributed by atoms with Gasteiger partial charge in [0.1, 0.15) is 18.2 Å². The molecule has 5 heteroatoms. The van der Waals surface area contributed by atoms with Gasteiger partial charge in [0.15, 0.2) is 0 Å². The zero-order chi connectivity index (χ0) is 33.0. The largest absolute Gasteiger partial charge is 0.354 e. The van der Waals surface area contributed by atoms with E-state index >= 15 is 0 Å². The van der Waals surface area contributed by atoms with Gasteiger partial charge < -0.3 is 9.88 Å². The van der Waals surface area contributed by atoms with Gasteiger partial charge in [-0.15, -0.1) is 11.3 Å². The van der Waals surface area contributed by atoms with Crippen molar-refractivity contribution in [2.45, 2.75) is 18.8 Å². The Kier molecular flexibility index (Phi) is 7.00. The number of allylic oxidation sites excluding steroid dienone is 3. The van der Waals surface area contributed by atoms with Crippen molar-refractivity contribution < 1.29 is 0 Å². The smallest absolute Gasteiger partial charge is 0.129 e. The number of benzene rings is 6. The monoisotopic (exact) mass is 662 g/mol. The fraction of sp³-hybridized carbons (Fsp3) is 0.0889. The predicted molar refractivity (Wildman–Crippen MR) is 211 cm³/mol. The minimum atomic E-state index is -0.210. The van der Waals surface area contributed by atoms with E-state index in [0.29, 0.717) is 0 Å². The number of rotatable bonds is 5. The molecule has 0 saturated carbocycles. The molecule has 0 amide bonds. The maximum Gasteiger partial charge on any atom is 0.129 e. The molecule has 1 aliphatic heterocycles. The van der Waals surface area contributed by atoms with Crippen molar-refractivity contribution in [3.05, 3.63) is 175 Å². The summed E-state index contributed by atoms with van der Waals surface area (Å²) in [7, 11) is 0. The van der Waals surface area contributed by atoms with Crippen molar-refractivity contribution in [1.29, 1.82) is 0 Å². The van der Waals surface area contributed by atoms with Gasteiger partial charge in [0, 0.05) is 37.9 Å². The van der Waals surface area contributed by atoms with Crippen LogP contribution >= 0.6 is 11.3 Å². The topological polar surface area (TPSA) is 41.4 Å². The van der Waals surface area contributed by atoms with Crippen LogP contribution in [0.5, 0.6) is 0 Å². The van der Waals surface area contributed by atoms with Crippen LogP contribution in [-0.2, 0) is 0 Å². The van der Waals surface area contributed by atoms with E-state index in [4.69, 9.17) is 4.99 Å². The van der Waals surface area contributed by atoms with Gasteiger partial charge in [-0.25, -0.2) is 4.99 Å². The van der Waals surface area contributed by atoms with E-state index in [1.807, 2.05) is 11.3 Å². The van der Waals surface area contributed by atoms with Crippen LogP contribution in [0.25, 0.3) is 58.8 Å². The molecule has 1 aliphatic carbocycles. The van der Waals surface area contributed by atoms with Crippen LogP contribution in [0, 0.1) is 5.92 Å². The standard InChI is InChI=1S/C45H34N4S/c1-4-13-29(14-5-1)32-23-26-39-38(28-32)36-24-25-37-35-21-10-11-22-40(35)50-42(37)41(36)49(39)34-20-12-19-33(27-34)45-47-43(30-15-6-2-7-16-30)46-44(48-45)31-17-8-3-9-18-31/h1-17,19-28,31,43,45,47H,18H2,(H,46,48). The van der Waals surface area contributed by atoms with Crippen molar-refractivity contribution in [2.24, 2.45) is 10.9 Å². The molecule has 0 spiro atoms. The first kappa shape index (κ1) is 29.2. The summed E-state index contributed by atoms with van der Waals surface area (Å²) in [4.78, 5) is 5.32. The van der Waals surface area contributed by atoms with Gasteiger partial charge >= 0.3 is 0 Å². The average molecular weight is 663 g/mol. The fourth-order valence-electron chi connectivity index (χ4n) is 7.74. The molecule has 6 aromatic carbocycles. The van der Waals surface area contributed by atoms with Crippen molar-refractivity contribution in [1.82, 2.24) is 15.2 Å². The Balaban J connectivity index is 1.17. The lowest BCUT2D eigenvalue weighted by atomic mass is 9.97. The number of fused-ring (bicyclic) bond motifs is 7. The third kappa shape index (κ3) is 4.89. The van der Waals surface area contributed by atoms with Crippen molar-refractivity contribution in [2.75, 3.05) is 0 Å². The van der Waals surface area contributed by atoms with Crippen molar-refractivity contribution >= 4 is 59.2 Å². The molecule has 0 saturated heterocycles. The molecule has 2 aliphatic rings. The van der Waals surface area contributed by atoms with Crippen LogP contribution in [0.1, 0.15) is 29.9 Å². The Bertz CT molecular complexity index is 2650. The van der Waals surface area contributed by atoms with E-state index in [9.17, 15) is 0 Å². The molecule has 0 bridgehead atoms. The van der Waals surface area contributed by atoms with E-state index in [0.717, 1.165) is 23.5 Å². The lowest BCUT2D eigenvalue weighted by molar-refractivity contribution is 0.399. The van der Waals surface area contributed by atoms with E-state index in [-0.39, 0.29) is 18.2 Å². The lowest BCUT2D eigenvalue weighted by Gasteiger charge is -2.34. The molecule has 0 fully saturated rings. The summed E-state index contributed by atoms with van der Waals surface area (Å²) < 4.78 is 5.11. The van der Waals surface area contributed by atoms with Gasteiger partial charge in [-0.1, -0.05) is 133 Å². The number of nitrogens with zero attached hydrogens (tertiary/aromatic N) is 2. The van der Waals surface area contributed by atoms with Crippen LogP contribution in [-0.4, -0.2) is 10.4 Å². The first-order valence-corrected chi connectivity index (χ1v) is 18.1. The zero-order valence-corrected chi connectivity index (χ0v) is 28.1. The Hall–Kier alpha value is -5.75. The maximum atomic E-state index is 5.32. The third-order valence-electron chi connectivity index (χ3n) is 10.2. The van der Waals surface area contributed by atoms with E-state index < -0.39 is 0 Å². The number of aromatic nitrogens is 1. The molecule has 240 valence electrons. The highest BCUT2D eigenvalue weighted by Gasteiger charge is 2.28. The quantitative estimate of drug-likeness (QED) is 0.193. The Morgan fingerprint density at radius 1 is 0.640 bits per heavy atom. The van der Waals surface area contributed by atoms with Crippen LogP contribution < -0.4 is 10.6 Å². The fourth-order valence-corrected chi connectivity index (χ4v) is 8.98. The molecule has 3 unspecified atom stereocenters. The predicted octanol–water partition coefficient (Wildman–Crippen LogP) is 11.2. The van der Waals surface area contributed by atoms with Gasteiger partial charge in [0.05, 0.1) is 15.7 Å². The van der Waals surface area contributed by atoms with E-state index in [1.54, 1.807) is 0 Å². The second-order valence-corrected chi connectivity index (χ2v) is 14.2.